The summed E-state index contributed by atoms with van der Waals surface area (Å²) in [6, 6.07) is 0. The van der Waals surface area contributed by atoms with E-state index in [4.69, 9.17) is 9.84 Å². The fourth-order valence-electron chi connectivity index (χ4n) is 4.16. The number of carboxylic acids is 1. The molecule has 0 heterocycles. The third kappa shape index (κ3) is 23.9. The van der Waals surface area contributed by atoms with Crippen molar-refractivity contribution in [2.75, 3.05) is 6.54 Å². The molecule has 0 aromatic heterocycles. The van der Waals surface area contributed by atoms with Crippen LogP contribution in [-0.2, 0) is 14.3 Å². The molecule has 0 aromatic carbocycles. The topological polar surface area (TPSA) is 95.9 Å². The predicted octanol–water partition coefficient (Wildman–Crippen LogP) is 8.16. The van der Waals surface area contributed by atoms with E-state index in [9.17, 15) is 14.4 Å². The quantitative estimate of drug-likeness (QED) is 0.113. The number of unbranched alkanes of at least 4 members (excludes halogenated alkanes) is 16. The van der Waals surface area contributed by atoms with E-state index >= 15 is 0 Å². The third-order valence-electron chi connectivity index (χ3n) is 6.19. The van der Waals surface area contributed by atoms with E-state index in [1.165, 1.54) is 50.0 Å². The number of amides is 2. The molecule has 0 spiro atoms. The van der Waals surface area contributed by atoms with Gasteiger partial charge in [-0.1, -0.05) is 103 Å². The van der Waals surface area contributed by atoms with Crippen LogP contribution in [0.25, 0.3) is 0 Å². The molecule has 0 rings (SSSR count). The van der Waals surface area contributed by atoms with Crippen molar-refractivity contribution in [2.45, 2.75) is 162 Å². The van der Waals surface area contributed by atoms with Gasteiger partial charge in [0.1, 0.15) is 5.60 Å². The summed E-state index contributed by atoms with van der Waals surface area (Å²) in [5, 5.41) is 10.1. The van der Waals surface area contributed by atoms with Gasteiger partial charge in [-0.2, -0.15) is 0 Å². The van der Waals surface area contributed by atoms with E-state index in [1.807, 2.05) is 20.8 Å². The number of carbonyl (C=O) groups excluding carboxylic acids is 2. The van der Waals surface area contributed by atoms with Crippen molar-refractivity contribution >= 4 is 18.0 Å². The van der Waals surface area contributed by atoms with Crippen LogP contribution in [0.1, 0.15) is 156 Å². The molecule has 36 heavy (non-hydrogen) atoms. The monoisotopic (exact) mass is 512 g/mol. The number of hydrogen-bond donors (Lipinski definition) is 2. The first-order valence-electron chi connectivity index (χ1n) is 14.7. The van der Waals surface area contributed by atoms with Crippen LogP contribution < -0.4 is 5.43 Å². The minimum absolute atomic E-state index is 0.0369. The largest absolute Gasteiger partial charge is 0.481 e. The van der Waals surface area contributed by atoms with E-state index in [0.29, 0.717) is 13.0 Å². The maximum Gasteiger partial charge on any atom is 0.426 e. The van der Waals surface area contributed by atoms with Crippen LogP contribution in [0.5, 0.6) is 0 Å². The number of nitrogens with one attached hydrogen (secondary N) is 1. The summed E-state index contributed by atoms with van der Waals surface area (Å²) in [6.07, 6.45) is 20.2. The van der Waals surface area contributed by atoms with Crippen LogP contribution in [0.15, 0.2) is 0 Å². The summed E-state index contributed by atoms with van der Waals surface area (Å²) >= 11 is 0. The molecule has 0 saturated carbocycles. The fraction of sp³-hybridized carbons (Fsp3) is 0.897. The van der Waals surface area contributed by atoms with E-state index < -0.39 is 17.7 Å². The normalized spacial score (nSPS) is 11.3. The number of hydrogen-bond acceptors (Lipinski definition) is 4. The second-order valence-electron chi connectivity index (χ2n) is 11.1. The highest BCUT2D eigenvalue weighted by atomic mass is 16.6. The van der Waals surface area contributed by atoms with Crippen molar-refractivity contribution in [1.29, 1.82) is 0 Å². The van der Waals surface area contributed by atoms with Gasteiger partial charge < -0.3 is 9.84 Å². The Labute approximate surface area is 221 Å². The Morgan fingerprint density at radius 2 is 1.08 bits per heavy atom. The zero-order valence-corrected chi connectivity index (χ0v) is 23.9. The highest BCUT2D eigenvalue weighted by Gasteiger charge is 2.21. The van der Waals surface area contributed by atoms with Crippen molar-refractivity contribution in [1.82, 2.24) is 10.4 Å². The maximum absolute atomic E-state index is 12.8. The maximum atomic E-state index is 12.8. The first-order valence-corrected chi connectivity index (χ1v) is 14.7. The van der Waals surface area contributed by atoms with Gasteiger partial charge in [0.2, 0.25) is 5.91 Å². The molecule has 7 nitrogen and oxygen atoms in total. The zero-order chi connectivity index (χ0) is 27.1. The van der Waals surface area contributed by atoms with Gasteiger partial charge in [-0.3, -0.25) is 14.6 Å². The first kappa shape index (κ1) is 34.2. The standard InChI is InChI=1S/C29H56N2O5/c1-5-6-7-8-9-11-14-17-20-23-26(32)31(30-28(35)36-29(2,3)4)25-22-19-16-13-10-12-15-18-21-24-27(33)34/h5-25H2,1-4H3,(H,30,35)(H,33,34). The molecule has 0 bridgehead atoms. The van der Waals surface area contributed by atoms with Crippen LogP contribution in [0.2, 0.25) is 0 Å². The second kappa shape index (κ2) is 22.4. The van der Waals surface area contributed by atoms with Gasteiger partial charge >= 0.3 is 12.1 Å². The molecular formula is C29H56N2O5. The molecule has 7 heteroatoms. The van der Waals surface area contributed by atoms with Gasteiger partial charge in [0, 0.05) is 19.4 Å². The Balaban J connectivity index is 4.17. The molecular weight excluding hydrogens is 456 g/mol. The lowest BCUT2D eigenvalue weighted by Gasteiger charge is -2.26. The first-order chi connectivity index (χ1) is 17.2. The summed E-state index contributed by atoms with van der Waals surface area (Å²) in [6.45, 7) is 8.17. The second-order valence-corrected chi connectivity index (χ2v) is 11.1. The summed E-state index contributed by atoms with van der Waals surface area (Å²) in [7, 11) is 0. The summed E-state index contributed by atoms with van der Waals surface area (Å²) < 4.78 is 5.35. The van der Waals surface area contributed by atoms with E-state index in [2.05, 4.69) is 12.3 Å². The van der Waals surface area contributed by atoms with Gasteiger partial charge in [-0.15, -0.1) is 0 Å². The molecule has 0 aromatic rings. The number of aliphatic carboxylic acids is 1. The number of rotatable bonds is 22. The highest BCUT2D eigenvalue weighted by Crippen LogP contribution is 2.13. The van der Waals surface area contributed by atoms with Gasteiger partial charge in [0.15, 0.2) is 0 Å². The molecule has 212 valence electrons. The zero-order valence-electron chi connectivity index (χ0n) is 23.9. The third-order valence-corrected chi connectivity index (χ3v) is 6.19. The van der Waals surface area contributed by atoms with Crippen molar-refractivity contribution in [3.8, 4) is 0 Å². The van der Waals surface area contributed by atoms with Crippen molar-refractivity contribution in [2.24, 2.45) is 0 Å². The Morgan fingerprint density at radius 3 is 1.53 bits per heavy atom. The molecule has 0 saturated heterocycles. The van der Waals surface area contributed by atoms with E-state index in [0.717, 1.165) is 70.6 Å². The number of ether oxygens (including phenoxy) is 1. The summed E-state index contributed by atoms with van der Waals surface area (Å²) in [4.78, 5) is 35.6. The van der Waals surface area contributed by atoms with Crippen molar-refractivity contribution in [3.05, 3.63) is 0 Å². The van der Waals surface area contributed by atoms with Crippen molar-refractivity contribution < 1.29 is 24.2 Å². The fourth-order valence-corrected chi connectivity index (χ4v) is 4.16. The number of hydrazine groups is 1. The molecule has 0 radical (unpaired) electrons. The molecule has 0 atom stereocenters. The molecule has 2 N–H and O–H groups in total. The molecule has 0 fully saturated rings. The van der Waals surface area contributed by atoms with Gasteiger partial charge in [-0.05, 0) is 40.0 Å². The minimum atomic E-state index is -0.711. The average molecular weight is 513 g/mol. The molecule has 0 unspecified atom stereocenters. The Hall–Kier alpha value is -1.79. The average Bonchev–Trinajstić information content (AvgIpc) is 2.79. The lowest BCUT2D eigenvalue weighted by Crippen LogP contribution is -2.48. The Kier molecular flexibility index (Phi) is 21.3. The van der Waals surface area contributed by atoms with Crippen LogP contribution in [-0.4, -0.2) is 40.2 Å². The number of carbonyl (C=O) groups is 3. The lowest BCUT2D eigenvalue weighted by atomic mass is 10.1. The highest BCUT2D eigenvalue weighted by molar-refractivity contribution is 5.79. The molecule has 0 aliphatic carbocycles. The Morgan fingerprint density at radius 1 is 0.667 bits per heavy atom. The predicted molar refractivity (Wildman–Crippen MR) is 147 cm³/mol. The molecule has 0 aliphatic heterocycles. The van der Waals surface area contributed by atoms with Gasteiger partial charge in [0.05, 0.1) is 0 Å². The lowest BCUT2D eigenvalue weighted by molar-refractivity contribution is -0.137. The summed E-state index contributed by atoms with van der Waals surface area (Å²) in [5.74, 6) is -0.748. The van der Waals surface area contributed by atoms with Crippen LogP contribution >= 0.6 is 0 Å². The van der Waals surface area contributed by atoms with Gasteiger partial charge in [-0.25, -0.2) is 10.2 Å². The van der Waals surface area contributed by atoms with Crippen molar-refractivity contribution in [3.63, 3.8) is 0 Å². The van der Waals surface area contributed by atoms with Crippen LogP contribution in [0, 0.1) is 0 Å². The minimum Gasteiger partial charge on any atom is -0.481 e. The molecule has 2 amide bonds. The SMILES string of the molecule is CCCCCCCCCCCC(=O)N(CCCCCCCCCCCC(=O)O)NC(=O)OC(C)(C)C. The smallest absolute Gasteiger partial charge is 0.426 e. The van der Waals surface area contributed by atoms with Crippen LogP contribution in [0.4, 0.5) is 4.79 Å². The Bertz CT molecular complexity index is 575. The summed E-state index contributed by atoms with van der Waals surface area (Å²) in [5.41, 5.74) is 2.07. The van der Waals surface area contributed by atoms with E-state index in [1.54, 1.807) is 0 Å². The van der Waals surface area contributed by atoms with Gasteiger partial charge in [0.25, 0.3) is 0 Å². The van der Waals surface area contributed by atoms with E-state index in [-0.39, 0.29) is 12.3 Å². The molecule has 0 aliphatic rings. The number of carboxylic acid groups (broad SMARTS) is 1. The van der Waals surface area contributed by atoms with Crippen LogP contribution in [0.3, 0.4) is 0 Å². The number of nitrogens with zero attached hydrogens (tertiary/aromatic N) is 1.